The monoisotopic (exact) mass is 731 g/mol. The minimum absolute atomic E-state index is 0.00454. The zero-order valence-corrected chi connectivity index (χ0v) is 28.8. The third-order valence-electron chi connectivity index (χ3n) is 9.43. The molecule has 0 saturated carbocycles. The largest absolute Gasteiger partial charge is 0.433 e. The molecule has 2 aliphatic heterocycles. The topological polar surface area (TPSA) is 155 Å². The van der Waals surface area contributed by atoms with E-state index in [1.807, 2.05) is 10.00 Å². The van der Waals surface area contributed by atoms with Crippen LogP contribution >= 0.6 is 11.6 Å². The maximum Gasteiger partial charge on any atom is 0.433 e. The van der Waals surface area contributed by atoms with Gasteiger partial charge >= 0.3 is 6.18 Å². The van der Waals surface area contributed by atoms with Crippen molar-refractivity contribution in [3.05, 3.63) is 64.6 Å². The number of nitrogens with one attached hydrogen (secondary N) is 2. The molecule has 1 aromatic carbocycles. The summed E-state index contributed by atoms with van der Waals surface area (Å²) in [6.07, 6.45) is -1.12. The first kappa shape index (κ1) is 35.8. The number of benzene rings is 1. The number of piperazine rings is 1. The Morgan fingerprint density at radius 2 is 1.67 bits per heavy atom. The van der Waals surface area contributed by atoms with Crippen LogP contribution in [0, 0.1) is 11.7 Å². The molecule has 2 aliphatic rings. The number of nitrogens with zero attached hydrogens (tertiary/aromatic N) is 7. The molecule has 18 heteroatoms. The lowest BCUT2D eigenvalue weighted by Crippen LogP contribution is -2.54. The smallest absolute Gasteiger partial charge is 0.397 e. The number of carbonyl (C=O) groups excluding carboxylic acids is 3. The maximum atomic E-state index is 14.7. The molecule has 270 valence electrons. The summed E-state index contributed by atoms with van der Waals surface area (Å²) in [6.45, 7) is 3.45. The Morgan fingerprint density at radius 1 is 1.00 bits per heavy atom. The number of alkyl halides is 3. The molecular weight excluding hydrogens is 696 g/mol. The Morgan fingerprint density at radius 3 is 2.29 bits per heavy atom. The number of amides is 3. The zero-order chi connectivity index (χ0) is 36.8. The molecule has 0 bridgehead atoms. The van der Waals surface area contributed by atoms with E-state index in [1.54, 1.807) is 4.90 Å². The van der Waals surface area contributed by atoms with E-state index in [9.17, 15) is 31.9 Å². The van der Waals surface area contributed by atoms with Crippen LogP contribution in [0.4, 0.5) is 28.9 Å². The van der Waals surface area contributed by atoms with Crippen molar-refractivity contribution in [1.29, 1.82) is 0 Å². The van der Waals surface area contributed by atoms with Gasteiger partial charge in [0.25, 0.3) is 11.8 Å². The molecule has 4 N–H and O–H groups in total. The van der Waals surface area contributed by atoms with Crippen LogP contribution in [0.2, 0.25) is 5.02 Å². The van der Waals surface area contributed by atoms with Crippen LogP contribution < -0.4 is 11.1 Å². The molecule has 0 atom stereocenters. The average Bonchev–Trinajstić information content (AvgIpc) is 3.68. The first-order valence-electron chi connectivity index (χ1n) is 16.1. The number of imidazole rings is 1. The highest BCUT2D eigenvalue weighted by molar-refractivity contribution is 6.34. The summed E-state index contributed by atoms with van der Waals surface area (Å²) in [4.78, 5) is 51.1. The number of quaternary nitrogens is 1. The van der Waals surface area contributed by atoms with Crippen LogP contribution in [0.5, 0.6) is 0 Å². The zero-order valence-electron chi connectivity index (χ0n) is 28.0. The van der Waals surface area contributed by atoms with Crippen molar-refractivity contribution in [3.63, 3.8) is 0 Å². The van der Waals surface area contributed by atoms with E-state index >= 15 is 0 Å². The van der Waals surface area contributed by atoms with Crippen molar-refractivity contribution in [3.8, 4) is 22.6 Å². The molecule has 0 aliphatic carbocycles. The van der Waals surface area contributed by atoms with Crippen LogP contribution in [-0.4, -0.2) is 110 Å². The van der Waals surface area contributed by atoms with Crippen LogP contribution in [0.25, 0.3) is 22.6 Å². The van der Waals surface area contributed by atoms with Gasteiger partial charge in [-0.15, -0.1) is 0 Å². The second-order valence-electron chi connectivity index (χ2n) is 13.4. The number of anilines is 2. The third-order valence-corrected chi connectivity index (χ3v) is 9.75. The van der Waals surface area contributed by atoms with Gasteiger partial charge in [0.2, 0.25) is 5.91 Å². The number of likely N-dealkylation sites (tertiary alicyclic amines) is 1. The molecule has 2 saturated heterocycles. The summed E-state index contributed by atoms with van der Waals surface area (Å²) in [7, 11) is 5.64. The number of nitrogens with two attached hydrogens (primary N) is 1. The summed E-state index contributed by atoms with van der Waals surface area (Å²) in [6, 6.07) is 5.21. The summed E-state index contributed by atoms with van der Waals surface area (Å²) >= 11 is 6.49. The van der Waals surface area contributed by atoms with Crippen molar-refractivity contribution in [2.75, 3.05) is 64.4 Å². The number of piperidine rings is 1. The number of aromatic amines is 1. The second-order valence-corrected chi connectivity index (χ2v) is 13.8. The summed E-state index contributed by atoms with van der Waals surface area (Å²) in [5, 5.41) is 8.26. The molecule has 0 spiro atoms. The fourth-order valence-electron chi connectivity index (χ4n) is 6.47. The summed E-state index contributed by atoms with van der Waals surface area (Å²) in [5.74, 6) is -2.25. The Kier molecular flexibility index (Phi) is 9.54. The van der Waals surface area contributed by atoms with Gasteiger partial charge in [-0.3, -0.25) is 19.5 Å². The van der Waals surface area contributed by atoms with E-state index in [1.165, 1.54) is 25.2 Å². The normalized spacial score (nSPS) is 16.7. The van der Waals surface area contributed by atoms with Crippen molar-refractivity contribution < 1.29 is 36.4 Å². The van der Waals surface area contributed by atoms with Crippen molar-refractivity contribution in [2.24, 2.45) is 13.0 Å². The number of halogens is 5. The minimum Gasteiger partial charge on any atom is -0.397 e. The Labute approximate surface area is 295 Å². The fourth-order valence-corrected chi connectivity index (χ4v) is 6.73. The van der Waals surface area contributed by atoms with Crippen molar-refractivity contribution in [2.45, 2.75) is 19.0 Å². The lowest BCUT2D eigenvalue weighted by molar-refractivity contribution is -0.895. The molecule has 0 radical (unpaired) electrons. The first-order chi connectivity index (χ1) is 24.0. The molecule has 13 nitrogen and oxygen atoms in total. The molecule has 3 aromatic heterocycles. The highest BCUT2D eigenvalue weighted by Crippen LogP contribution is 2.41. The molecule has 4 aromatic rings. The van der Waals surface area contributed by atoms with E-state index in [-0.39, 0.29) is 51.2 Å². The van der Waals surface area contributed by atoms with Gasteiger partial charge in [0, 0.05) is 63.7 Å². The van der Waals surface area contributed by atoms with Gasteiger partial charge < -0.3 is 29.9 Å². The standard InChI is InChI=1S/C33H35ClF4N10O3/c1-45-24(25-27(43-44-28(25)33(36,37)38)26-23(35)14-19(39)16-40-26)17-41-29(45)30(49)42-20-4-5-21(22(34)15-20)32(51)47-10-8-46(9-11-47)31(50)18-6-12-48(2,3)13-7-18/h4-5,14-18H,6-13H2,1-3H3,(H3-,39,40,41,42,43,44,49,51)/p+1. The van der Waals surface area contributed by atoms with Gasteiger partial charge in [-0.2, -0.15) is 18.3 Å². The van der Waals surface area contributed by atoms with Crippen molar-refractivity contribution in [1.82, 2.24) is 34.5 Å². The van der Waals surface area contributed by atoms with Crippen LogP contribution in [-0.2, 0) is 18.0 Å². The lowest BCUT2D eigenvalue weighted by atomic mass is 9.94. The Hall–Kier alpha value is -5.03. The number of aromatic nitrogens is 5. The highest BCUT2D eigenvalue weighted by atomic mass is 35.5. The van der Waals surface area contributed by atoms with E-state index in [2.05, 4.69) is 34.5 Å². The molecule has 0 unspecified atom stereocenters. The second kappa shape index (κ2) is 13.6. The van der Waals surface area contributed by atoms with Crippen molar-refractivity contribution >= 4 is 40.7 Å². The quantitative estimate of drug-likeness (QED) is 0.198. The van der Waals surface area contributed by atoms with Crippen LogP contribution in [0.3, 0.4) is 0 Å². The Bertz CT molecular complexity index is 1990. The summed E-state index contributed by atoms with van der Waals surface area (Å²) in [5.41, 5.74) is 2.92. The molecule has 3 amide bonds. The molecule has 2 fully saturated rings. The number of rotatable bonds is 6. The molecule has 6 rings (SSSR count). The van der Waals surface area contributed by atoms with Crippen LogP contribution in [0.1, 0.15) is 39.5 Å². The number of hydrogen-bond acceptors (Lipinski definition) is 7. The van der Waals surface area contributed by atoms with Gasteiger partial charge in [0.1, 0.15) is 17.1 Å². The number of nitrogen functional groups attached to an aromatic ring is 1. The number of hydrogen-bond donors (Lipinski definition) is 3. The predicted octanol–water partition coefficient (Wildman–Crippen LogP) is 4.29. The number of carbonyl (C=O) groups is 3. The number of H-pyrrole nitrogens is 1. The van der Waals surface area contributed by atoms with Gasteiger partial charge in [-0.05, 0) is 18.2 Å². The number of pyridine rings is 1. The first-order valence-corrected chi connectivity index (χ1v) is 16.5. The lowest BCUT2D eigenvalue weighted by Gasteiger charge is -2.40. The van der Waals surface area contributed by atoms with Gasteiger partial charge in [0.15, 0.2) is 11.6 Å². The fraction of sp³-hybridized carbons (Fsp3) is 0.394. The van der Waals surface area contributed by atoms with Gasteiger partial charge in [0.05, 0.1) is 67.1 Å². The van der Waals surface area contributed by atoms with E-state index in [4.69, 9.17) is 17.3 Å². The summed E-state index contributed by atoms with van der Waals surface area (Å²) < 4.78 is 58.8. The Balaban J connectivity index is 1.14. The van der Waals surface area contributed by atoms with E-state index in [0.29, 0.717) is 26.2 Å². The van der Waals surface area contributed by atoms with Gasteiger partial charge in [-0.1, -0.05) is 11.6 Å². The van der Waals surface area contributed by atoms with E-state index < -0.39 is 40.5 Å². The average molecular weight is 732 g/mol. The highest BCUT2D eigenvalue weighted by Gasteiger charge is 2.40. The van der Waals surface area contributed by atoms with Crippen LogP contribution in [0.15, 0.2) is 36.7 Å². The predicted molar refractivity (Wildman–Crippen MR) is 180 cm³/mol. The van der Waals surface area contributed by atoms with E-state index in [0.717, 1.165) is 53.4 Å². The maximum absolute atomic E-state index is 14.7. The molecule has 51 heavy (non-hydrogen) atoms. The molecular formula is C33H36ClF4N10O3+. The minimum atomic E-state index is -4.93. The third kappa shape index (κ3) is 7.26. The van der Waals surface area contributed by atoms with Gasteiger partial charge in [-0.25, -0.2) is 14.4 Å². The SMILES string of the molecule is Cn1c(-c2c(-c3ncc(N)cc3F)n[nH]c2C(F)(F)F)cnc1C(=O)Nc1ccc(C(=O)N2CCN(C(=O)C3CC[N+](C)(C)CC3)CC2)c(Cl)c1. The molecule has 5 heterocycles.